The highest BCUT2D eigenvalue weighted by Crippen LogP contribution is 2.26. The molecule has 1 unspecified atom stereocenters. The number of aryl methyl sites for hydroxylation is 1. The van der Waals surface area contributed by atoms with Gasteiger partial charge in [-0.2, -0.15) is 0 Å². The van der Waals surface area contributed by atoms with E-state index < -0.39 is 6.10 Å². The monoisotopic (exact) mass is 257 g/mol. The van der Waals surface area contributed by atoms with Gasteiger partial charge in [-0.05, 0) is 38.5 Å². The van der Waals surface area contributed by atoms with Crippen LogP contribution in [0.15, 0.2) is 18.2 Å². The normalized spacial score (nSPS) is 12.6. The summed E-state index contributed by atoms with van der Waals surface area (Å²) in [5, 5.41) is 12.6. The van der Waals surface area contributed by atoms with E-state index in [1.54, 1.807) is 0 Å². The van der Waals surface area contributed by atoms with E-state index in [0.717, 1.165) is 17.0 Å². The van der Waals surface area contributed by atoms with E-state index in [9.17, 15) is 5.11 Å². The van der Waals surface area contributed by atoms with Gasteiger partial charge in [-0.1, -0.05) is 6.07 Å². The summed E-state index contributed by atoms with van der Waals surface area (Å²) in [6, 6.07) is 5.93. The van der Waals surface area contributed by atoms with Crippen LogP contribution in [0.1, 0.15) is 19.4 Å². The summed E-state index contributed by atoms with van der Waals surface area (Å²) in [7, 11) is 0. The van der Waals surface area contributed by atoms with Crippen LogP contribution in [0.25, 0.3) is 0 Å². The Bertz CT molecular complexity index is 355. The lowest BCUT2D eigenvalue weighted by molar-refractivity contribution is 0.211. The first kappa shape index (κ1) is 14.1. The van der Waals surface area contributed by atoms with Crippen LogP contribution in [0.4, 0.5) is 5.69 Å². The zero-order valence-electron chi connectivity index (χ0n) is 10.5. The number of aliphatic hydroxyl groups is 1. The minimum atomic E-state index is -0.552. The predicted octanol–water partition coefficient (Wildman–Crippen LogP) is 2.79. The largest absolute Gasteiger partial charge is 0.489 e. The maximum absolute atomic E-state index is 9.43. The second kappa shape index (κ2) is 6.72. The molecule has 0 aliphatic rings. The Morgan fingerprint density at radius 3 is 2.71 bits per heavy atom. The first-order valence-electron chi connectivity index (χ1n) is 5.78. The van der Waals surface area contributed by atoms with Gasteiger partial charge in [-0.25, -0.2) is 0 Å². The number of aliphatic hydroxyl groups excluding tert-OH is 1. The van der Waals surface area contributed by atoms with Crippen LogP contribution < -0.4 is 10.1 Å². The van der Waals surface area contributed by atoms with Gasteiger partial charge in [0, 0.05) is 6.54 Å². The lowest BCUT2D eigenvalue weighted by atomic mass is 10.2. The van der Waals surface area contributed by atoms with Gasteiger partial charge in [0.25, 0.3) is 0 Å². The summed E-state index contributed by atoms with van der Waals surface area (Å²) < 4.78 is 5.69. The molecule has 0 saturated carbocycles. The molecule has 4 heteroatoms. The summed E-state index contributed by atoms with van der Waals surface area (Å²) in [4.78, 5) is 0. The van der Waals surface area contributed by atoms with Crippen molar-refractivity contribution in [1.29, 1.82) is 0 Å². The third-order valence-electron chi connectivity index (χ3n) is 2.20. The molecular formula is C13H20ClNO2. The molecule has 1 atom stereocenters. The molecule has 0 aliphatic heterocycles. The van der Waals surface area contributed by atoms with Crippen LogP contribution in [0.2, 0.25) is 0 Å². The summed E-state index contributed by atoms with van der Waals surface area (Å²) in [5.41, 5.74) is 2.03. The van der Waals surface area contributed by atoms with E-state index in [-0.39, 0.29) is 12.0 Å². The fraction of sp³-hybridized carbons (Fsp3) is 0.538. The lowest BCUT2D eigenvalue weighted by Crippen LogP contribution is -2.21. The summed E-state index contributed by atoms with van der Waals surface area (Å²) in [6.45, 7) is 6.40. The minimum absolute atomic E-state index is 0.121. The second-order valence-corrected chi connectivity index (χ2v) is 4.66. The Morgan fingerprint density at radius 1 is 1.41 bits per heavy atom. The van der Waals surface area contributed by atoms with Crippen molar-refractivity contribution >= 4 is 17.3 Å². The van der Waals surface area contributed by atoms with Crippen LogP contribution in [0.3, 0.4) is 0 Å². The molecule has 3 nitrogen and oxygen atoms in total. The molecule has 1 aromatic carbocycles. The third-order valence-corrected chi connectivity index (χ3v) is 2.56. The Labute approximate surface area is 108 Å². The van der Waals surface area contributed by atoms with Crippen molar-refractivity contribution in [2.24, 2.45) is 0 Å². The maximum Gasteiger partial charge on any atom is 0.142 e. The Hall–Kier alpha value is -0.930. The smallest absolute Gasteiger partial charge is 0.142 e. The van der Waals surface area contributed by atoms with Crippen molar-refractivity contribution in [2.45, 2.75) is 33.0 Å². The van der Waals surface area contributed by atoms with Crippen molar-refractivity contribution < 1.29 is 9.84 Å². The van der Waals surface area contributed by atoms with E-state index in [2.05, 4.69) is 5.32 Å². The maximum atomic E-state index is 9.43. The highest BCUT2D eigenvalue weighted by atomic mass is 35.5. The van der Waals surface area contributed by atoms with E-state index in [0.29, 0.717) is 6.54 Å². The van der Waals surface area contributed by atoms with Crippen LogP contribution in [0, 0.1) is 6.92 Å². The number of nitrogens with one attached hydrogen (secondary N) is 1. The van der Waals surface area contributed by atoms with Gasteiger partial charge < -0.3 is 15.2 Å². The quantitative estimate of drug-likeness (QED) is 0.770. The molecule has 2 N–H and O–H groups in total. The number of anilines is 1. The average Bonchev–Trinajstić information content (AvgIpc) is 2.28. The van der Waals surface area contributed by atoms with Gasteiger partial charge in [-0.15, -0.1) is 11.6 Å². The van der Waals surface area contributed by atoms with E-state index in [1.165, 1.54) is 0 Å². The average molecular weight is 258 g/mol. The second-order valence-electron chi connectivity index (χ2n) is 4.36. The van der Waals surface area contributed by atoms with Crippen LogP contribution in [-0.4, -0.2) is 29.7 Å². The molecule has 0 heterocycles. The number of halogens is 1. The lowest BCUT2D eigenvalue weighted by Gasteiger charge is -2.17. The molecule has 0 aromatic heterocycles. The van der Waals surface area contributed by atoms with Gasteiger partial charge in [0.1, 0.15) is 5.75 Å². The summed E-state index contributed by atoms with van der Waals surface area (Å²) >= 11 is 5.55. The molecule has 0 radical (unpaired) electrons. The topological polar surface area (TPSA) is 41.5 Å². The van der Waals surface area contributed by atoms with Crippen molar-refractivity contribution in [2.75, 3.05) is 17.7 Å². The summed E-state index contributed by atoms with van der Waals surface area (Å²) in [6.07, 6.45) is -0.430. The molecule has 1 aromatic rings. The summed E-state index contributed by atoms with van der Waals surface area (Å²) in [5.74, 6) is 1.02. The number of benzene rings is 1. The van der Waals surface area contributed by atoms with Crippen molar-refractivity contribution in [3.8, 4) is 5.75 Å². The predicted molar refractivity (Wildman–Crippen MR) is 72.2 cm³/mol. The SMILES string of the molecule is Cc1ccc(OC(C)C)c(NCC(O)CCl)c1. The highest BCUT2D eigenvalue weighted by molar-refractivity contribution is 6.18. The van der Waals surface area contributed by atoms with Crippen molar-refractivity contribution in [3.63, 3.8) is 0 Å². The Morgan fingerprint density at radius 2 is 2.12 bits per heavy atom. The molecule has 0 saturated heterocycles. The number of alkyl halides is 1. The van der Waals surface area contributed by atoms with E-state index in [4.69, 9.17) is 16.3 Å². The van der Waals surface area contributed by atoms with Gasteiger partial charge in [-0.3, -0.25) is 0 Å². The molecule has 0 fully saturated rings. The molecule has 0 spiro atoms. The Kier molecular flexibility index (Phi) is 5.59. The zero-order valence-corrected chi connectivity index (χ0v) is 11.3. The van der Waals surface area contributed by atoms with Crippen LogP contribution in [0.5, 0.6) is 5.75 Å². The Balaban J connectivity index is 2.76. The van der Waals surface area contributed by atoms with Crippen LogP contribution in [-0.2, 0) is 0 Å². The van der Waals surface area contributed by atoms with Gasteiger partial charge in [0.15, 0.2) is 0 Å². The molecule has 17 heavy (non-hydrogen) atoms. The number of rotatable bonds is 6. The van der Waals surface area contributed by atoms with Crippen molar-refractivity contribution in [1.82, 2.24) is 0 Å². The van der Waals surface area contributed by atoms with Gasteiger partial charge >= 0.3 is 0 Å². The molecule has 0 amide bonds. The minimum Gasteiger partial charge on any atom is -0.489 e. The molecule has 0 aliphatic carbocycles. The number of ether oxygens (including phenoxy) is 1. The van der Waals surface area contributed by atoms with Gasteiger partial charge in [0.2, 0.25) is 0 Å². The fourth-order valence-electron chi connectivity index (χ4n) is 1.42. The molecule has 0 bridgehead atoms. The molecular weight excluding hydrogens is 238 g/mol. The third kappa shape index (κ3) is 4.84. The van der Waals surface area contributed by atoms with Gasteiger partial charge in [0.05, 0.1) is 23.8 Å². The molecule has 96 valence electrons. The highest BCUT2D eigenvalue weighted by Gasteiger charge is 2.08. The first-order chi connectivity index (χ1) is 8.02. The number of hydrogen-bond donors (Lipinski definition) is 2. The first-order valence-corrected chi connectivity index (χ1v) is 6.31. The number of hydrogen-bond acceptors (Lipinski definition) is 3. The zero-order chi connectivity index (χ0) is 12.8. The molecule has 1 rings (SSSR count). The van der Waals surface area contributed by atoms with Crippen LogP contribution >= 0.6 is 11.6 Å². The standard InChI is InChI=1S/C13H20ClNO2/c1-9(2)17-13-5-4-10(3)6-12(13)15-8-11(16)7-14/h4-6,9,11,15-16H,7-8H2,1-3H3. The van der Waals surface area contributed by atoms with E-state index in [1.807, 2.05) is 39.0 Å². The van der Waals surface area contributed by atoms with Crippen molar-refractivity contribution in [3.05, 3.63) is 23.8 Å². The fourth-order valence-corrected chi connectivity index (χ4v) is 1.53. The van der Waals surface area contributed by atoms with E-state index >= 15 is 0 Å².